The maximum absolute atomic E-state index is 12.2. The summed E-state index contributed by atoms with van der Waals surface area (Å²) in [6.45, 7) is 1.68. The van der Waals surface area contributed by atoms with E-state index in [-0.39, 0.29) is 5.91 Å². The van der Waals surface area contributed by atoms with Gasteiger partial charge < -0.3 is 10.1 Å². The van der Waals surface area contributed by atoms with Crippen LogP contribution in [0.15, 0.2) is 47.4 Å². The summed E-state index contributed by atoms with van der Waals surface area (Å²) in [5, 5.41) is 3.41. The summed E-state index contributed by atoms with van der Waals surface area (Å²) < 4.78 is 5.62. The zero-order valence-electron chi connectivity index (χ0n) is 12.1. The quantitative estimate of drug-likeness (QED) is 0.756. The van der Waals surface area contributed by atoms with Gasteiger partial charge in [0.05, 0.1) is 15.7 Å². The van der Waals surface area contributed by atoms with Crippen molar-refractivity contribution in [2.45, 2.75) is 17.9 Å². The smallest absolute Gasteiger partial charge is 0.265 e. The van der Waals surface area contributed by atoms with E-state index >= 15 is 0 Å². The van der Waals surface area contributed by atoms with E-state index in [0.29, 0.717) is 21.5 Å². The lowest BCUT2D eigenvalue weighted by Crippen LogP contribution is -2.30. The largest absolute Gasteiger partial charge is 0.481 e. The van der Waals surface area contributed by atoms with E-state index in [9.17, 15) is 4.79 Å². The molecule has 0 aliphatic carbocycles. The van der Waals surface area contributed by atoms with Crippen LogP contribution in [-0.2, 0) is 4.79 Å². The molecule has 6 heteroatoms. The Morgan fingerprint density at radius 3 is 2.50 bits per heavy atom. The second kappa shape index (κ2) is 7.77. The standard InChI is InChI=1S/C16H15Cl2NO2S/c1-10(21-11-6-8-12(22-2)9-7-11)16(20)19-14-5-3-4-13(17)15(14)18/h3-10H,1-2H3,(H,19,20). The summed E-state index contributed by atoms with van der Waals surface area (Å²) in [4.78, 5) is 13.3. The fourth-order valence-corrected chi connectivity index (χ4v) is 2.50. The Hall–Kier alpha value is -1.36. The molecule has 0 bridgehead atoms. The Balaban J connectivity index is 2.01. The molecule has 0 saturated heterocycles. The minimum atomic E-state index is -0.657. The molecule has 0 spiro atoms. The Morgan fingerprint density at radius 1 is 1.18 bits per heavy atom. The maximum Gasteiger partial charge on any atom is 0.265 e. The molecular weight excluding hydrogens is 341 g/mol. The minimum Gasteiger partial charge on any atom is -0.481 e. The highest BCUT2D eigenvalue weighted by molar-refractivity contribution is 7.98. The Kier molecular flexibility index (Phi) is 6.00. The predicted molar refractivity (Wildman–Crippen MR) is 93.4 cm³/mol. The summed E-state index contributed by atoms with van der Waals surface area (Å²) in [5.41, 5.74) is 0.465. The van der Waals surface area contributed by atoms with Gasteiger partial charge >= 0.3 is 0 Å². The van der Waals surface area contributed by atoms with Crippen LogP contribution >= 0.6 is 35.0 Å². The number of amides is 1. The van der Waals surface area contributed by atoms with Crippen molar-refractivity contribution in [2.24, 2.45) is 0 Å². The molecule has 0 heterocycles. The first kappa shape index (κ1) is 17.0. The third-order valence-electron chi connectivity index (χ3n) is 2.95. The van der Waals surface area contributed by atoms with Crippen molar-refractivity contribution in [3.05, 3.63) is 52.5 Å². The molecule has 2 rings (SSSR count). The number of nitrogens with one attached hydrogen (secondary N) is 1. The third-order valence-corrected chi connectivity index (χ3v) is 4.51. The molecule has 1 N–H and O–H groups in total. The number of carbonyl (C=O) groups is 1. The minimum absolute atomic E-state index is 0.293. The average molecular weight is 356 g/mol. The van der Waals surface area contributed by atoms with Crippen LogP contribution in [0.2, 0.25) is 10.0 Å². The fraction of sp³-hybridized carbons (Fsp3) is 0.188. The number of hydrogen-bond acceptors (Lipinski definition) is 3. The van der Waals surface area contributed by atoms with Gasteiger partial charge in [-0.3, -0.25) is 4.79 Å². The van der Waals surface area contributed by atoms with Crippen molar-refractivity contribution in [1.82, 2.24) is 0 Å². The van der Waals surface area contributed by atoms with Crippen molar-refractivity contribution in [1.29, 1.82) is 0 Å². The first-order valence-corrected chi connectivity index (χ1v) is 8.55. The van der Waals surface area contributed by atoms with Crippen LogP contribution in [0.25, 0.3) is 0 Å². The first-order valence-electron chi connectivity index (χ1n) is 6.57. The van der Waals surface area contributed by atoms with Gasteiger partial charge in [-0.15, -0.1) is 11.8 Å². The SMILES string of the molecule is CSc1ccc(OC(C)C(=O)Nc2cccc(Cl)c2Cl)cc1. The van der Waals surface area contributed by atoms with Crippen LogP contribution in [-0.4, -0.2) is 18.3 Å². The Labute approximate surface area is 144 Å². The molecular formula is C16H15Cl2NO2S. The lowest BCUT2D eigenvalue weighted by molar-refractivity contribution is -0.122. The lowest BCUT2D eigenvalue weighted by atomic mass is 10.3. The van der Waals surface area contributed by atoms with Crippen LogP contribution in [0.4, 0.5) is 5.69 Å². The Morgan fingerprint density at radius 2 is 1.86 bits per heavy atom. The predicted octanol–water partition coefficient (Wildman–Crippen LogP) is 5.12. The molecule has 0 fully saturated rings. The number of anilines is 1. The van der Waals surface area contributed by atoms with Crippen LogP contribution < -0.4 is 10.1 Å². The molecule has 116 valence electrons. The second-order valence-corrected chi connectivity index (χ2v) is 6.19. The van der Waals surface area contributed by atoms with Gasteiger partial charge in [0.15, 0.2) is 6.10 Å². The molecule has 1 amide bonds. The summed E-state index contributed by atoms with van der Waals surface area (Å²) in [5.74, 6) is 0.343. The van der Waals surface area contributed by atoms with Crippen LogP contribution in [0, 0.1) is 0 Å². The second-order valence-electron chi connectivity index (χ2n) is 4.53. The molecule has 2 aromatic carbocycles. The summed E-state index contributed by atoms with van der Waals surface area (Å²) >= 11 is 13.6. The highest BCUT2D eigenvalue weighted by atomic mass is 35.5. The van der Waals surface area contributed by atoms with Crippen molar-refractivity contribution in [2.75, 3.05) is 11.6 Å². The molecule has 0 aromatic heterocycles. The van der Waals surface area contributed by atoms with Gasteiger partial charge in [-0.25, -0.2) is 0 Å². The molecule has 2 aromatic rings. The van der Waals surface area contributed by atoms with E-state index in [0.717, 1.165) is 4.90 Å². The Bertz CT molecular complexity index is 662. The van der Waals surface area contributed by atoms with E-state index in [1.165, 1.54) is 0 Å². The van der Waals surface area contributed by atoms with E-state index in [2.05, 4.69) is 5.32 Å². The summed E-state index contributed by atoms with van der Waals surface area (Å²) in [7, 11) is 0. The van der Waals surface area contributed by atoms with Gasteiger partial charge in [-0.2, -0.15) is 0 Å². The normalized spacial score (nSPS) is 11.8. The first-order chi connectivity index (χ1) is 10.5. The van der Waals surface area contributed by atoms with Crippen molar-refractivity contribution < 1.29 is 9.53 Å². The van der Waals surface area contributed by atoms with Gasteiger partial charge in [0.2, 0.25) is 0 Å². The van der Waals surface area contributed by atoms with E-state index < -0.39 is 6.10 Å². The molecule has 0 aliphatic rings. The topological polar surface area (TPSA) is 38.3 Å². The van der Waals surface area contributed by atoms with Crippen molar-refractivity contribution >= 4 is 46.6 Å². The molecule has 0 radical (unpaired) electrons. The van der Waals surface area contributed by atoms with E-state index in [4.69, 9.17) is 27.9 Å². The number of ether oxygens (including phenoxy) is 1. The maximum atomic E-state index is 12.2. The highest BCUT2D eigenvalue weighted by Crippen LogP contribution is 2.29. The fourth-order valence-electron chi connectivity index (χ4n) is 1.75. The van der Waals surface area contributed by atoms with Crippen LogP contribution in [0.5, 0.6) is 5.75 Å². The van der Waals surface area contributed by atoms with Gasteiger partial charge in [-0.05, 0) is 49.6 Å². The monoisotopic (exact) mass is 355 g/mol. The van der Waals surface area contributed by atoms with Gasteiger partial charge in [0, 0.05) is 4.90 Å². The third kappa shape index (κ3) is 4.32. The number of carbonyl (C=O) groups excluding carboxylic acids is 1. The van der Waals surface area contributed by atoms with Gasteiger partial charge in [0.25, 0.3) is 5.91 Å². The summed E-state index contributed by atoms with van der Waals surface area (Å²) in [6.07, 6.45) is 1.34. The van der Waals surface area contributed by atoms with Crippen LogP contribution in [0.3, 0.4) is 0 Å². The number of rotatable bonds is 5. The van der Waals surface area contributed by atoms with E-state index in [1.54, 1.807) is 36.9 Å². The van der Waals surface area contributed by atoms with Gasteiger partial charge in [0.1, 0.15) is 5.75 Å². The van der Waals surface area contributed by atoms with Crippen LogP contribution in [0.1, 0.15) is 6.92 Å². The number of benzene rings is 2. The zero-order chi connectivity index (χ0) is 16.1. The van der Waals surface area contributed by atoms with E-state index in [1.807, 2.05) is 30.5 Å². The molecule has 1 unspecified atom stereocenters. The van der Waals surface area contributed by atoms with Crippen molar-refractivity contribution in [3.8, 4) is 5.75 Å². The van der Waals surface area contributed by atoms with Crippen molar-refractivity contribution in [3.63, 3.8) is 0 Å². The molecule has 1 atom stereocenters. The average Bonchev–Trinajstić information content (AvgIpc) is 2.52. The van der Waals surface area contributed by atoms with Gasteiger partial charge in [-0.1, -0.05) is 29.3 Å². The molecule has 0 saturated carbocycles. The molecule has 22 heavy (non-hydrogen) atoms. The molecule has 3 nitrogen and oxygen atoms in total. The number of halogens is 2. The number of thioether (sulfide) groups is 1. The lowest BCUT2D eigenvalue weighted by Gasteiger charge is -2.15. The number of hydrogen-bond donors (Lipinski definition) is 1. The zero-order valence-corrected chi connectivity index (χ0v) is 14.4. The summed E-state index contributed by atoms with van der Waals surface area (Å²) in [6, 6.07) is 12.6. The molecule has 0 aliphatic heterocycles. The highest BCUT2D eigenvalue weighted by Gasteiger charge is 2.16.